The molecule has 0 bridgehead atoms. The topological polar surface area (TPSA) is 146 Å². The minimum Gasteiger partial charge on any atom is -0.462 e. The van der Waals surface area contributed by atoms with E-state index in [9.17, 15) is 19.2 Å². The van der Waals surface area contributed by atoms with Crippen LogP contribution in [0.5, 0.6) is 0 Å². The molecule has 0 aromatic rings. The molecule has 0 aliphatic rings. The van der Waals surface area contributed by atoms with E-state index in [4.69, 9.17) is 29.2 Å². The summed E-state index contributed by atoms with van der Waals surface area (Å²) < 4.78 is 21.0. The molecule has 0 heterocycles. The Kier molecular flexibility index (Phi) is 16.6. The van der Waals surface area contributed by atoms with E-state index < -0.39 is 24.4 Å². The number of esters is 2. The van der Waals surface area contributed by atoms with Gasteiger partial charge in [-0.25, -0.2) is 0 Å². The molecule has 0 unspecified atom stereocenters. The predicted octanol–water partition coefficient (Wildman–Crippen LogP) is 1.91. The van der Waals surface area contributed by atoms with Crippen molar-refractivity contribution >= 4 is 23.5 Å². The summed E-state index contributed by atoms with van der Waals surface area (Å²) in [6, 6.07) is 0. The van der Waals surface area contributed by atoms with E-state index >= 15 is 0 Å². The summed E-state index contributed by atoms with van der Waals surface area (Å²) >= 11 is 0. The SMILES string of the molecule is CC(C)(OCCCCCC(=O)OCCOC(=O)CCCCCOC(C)(C)C(=O)CO)C(=O)CO. The van der Waals surface area contributed by atoms with Crippen LogP contribution in [0.15, 0.2) is 0 Å². The van der Waals surface area contributed by atoms with Crippen LogP contribution in [0.4, 0.5) is 0 Å². The number of hydrogen-bond acceptors (Lipinski definition) is 10. The summed E-state index contributed by atoms with van der Waals surface area (Å²) in [5.74, 6) is -1.48. The van der Waals surface area contributed by atoms with Gasteiger partial charge in [0, 0.05) is 26.1 Å². The van der Waals surface area contributed by atoms with Crippen LogP contribution >= 0.6 is 0 Å². The van der Waals surface area contributed by atoms with E-state index in [0.717, 1.165) is 12.8 Å². The molecule has 10 heteroatoms. The zero-order valence-electron chi connectivity index (χ0n) is 21.1. The average molecular weight is 491 g/mol. The molecule has 198 valence electrons. The Bertz CT molecular complexity index is 573. The maximum atomic E-state index is 11.7. The van der Waals surface area contributed by atoms with Crippen LogP contribution in [-0.2, 0) is 38.1 Å². The third-order valence-corrected chi connectivity index (χ3v) is 5.22. The third-order valence-electron chi connectivity index (χ3n) is 5.22. The van der Waals surface area contributed by atoms with Gasteiger partial charge in [-0.1, -0.05) is 12.8 Å². The Morgan fingerprint density at radius 2 is 0.912 bits per heavy atom. The summed E-state index contributed by atoms with van der Waals surface area (Å²) in [5, 5.41) is 17.7. The molecule has 10 nitrogen and oxygen atoms in total. The number of carbonyl (C=O) groups excluding carboxylic acids is 4. The first kappa shape index (κ1) is 32.1. The van der Waals surface area contributed by atoms with E-state index in [2.05, 4.69) is 0 Å². The maximum absolute atomic E-state index is 11.7. The van der Waals surface area contributed by atoms with Crippen LogP contribution in [0, 0.1) is 0 Å². The third kappa shape index (κ3) is 15.1. The first-order valence-electron chi connectivity index (χ1n) is 11.8. The molecule has 0 radical (unpaired) electrons. The first-order valence-corrected chi connectivity index (χ1v) is 11.8. The molecule has 0 amide bonds. The Hall–Kier alpha value is -1.88. The summed E-state index contributed by atoms with van der Waals surface area (Å²) in [7, 11) is 0. The van der Waals surface area contributed by atoms with Gasteiger partial charge in [0.25, 0.3) is 0 Å². The average Bonchev–Trinajstić information content (AvgIpc) is 2.79. The lowest BCUT2D eigenvalue weighted by atomic mass is 10.0. The van der Waals surface area contributed by atoms with Crippen molar-refractivity contribution in [1.29, 1.82) is 0 Å². The van der Waals surface area contributed by atoms with E-state index in [0.29, 0.717) is 38.9 Å². The Morgan fingerprint density at radius 1 is 0.559 bits per heavy atom. The lowest BCUT2D eigenvalue weighted by Crippen LogP contribution is -2.37. The minimum absolute atomic E-state index is 0.00690. The molecule has 0 rings (SSSR count). The molecule has 0 atom stereocenters. The van der Waals surface area contributed by atoms with Crippen LogP contribution in [0.3, 0.4) is 0 Å². The molecule has 0 aromatic carbocycles. The van der Waals surface area contributed by atoms with Gasteiger partial charge in [0.05, 0.1) is 0 Å². The molecular weight excluding hydrogens is 448 g/mol. The van der Waals surface area contributed by atoms with Crippen molar-refractivity contribution in [3.63, 3.8) is 0 Å². The lowest BCUT2D eigenvalue weighted by molar-refractivity contribution is -0.152. The molecule has 0 aliphatic carbocycles. The summed E-state index contributed by atoms with van der Waals surface area (Å²) in [4.78, 5) is 46.3. The van der Waals surface area contributed by atoms with Gasteiger partial charge in [-0.15, -0.1) is 0 Å². The normalized spacial score (nSPS) is 11.8. The highest BCUT2D eigenvalue weighted by Crippen LogP contribution is 2.13. The van der Waals surface area contributed by atoms with Crippen LogP contribution in [0.25, 0.3) is 0 Å². The molecule has 0 fully saturated rings. The number of Topliss-reactive ketones (excluding diaryl/α,β-unsaturated/α-hetero) is 2. The number of carbonyl (C=O) groups is 4. The fraction of sp³-hybridized carbons (Fsp3) is 0.833. The zero-order chi connectivity index (χ0) is 26.0. The van der Waals surface area contributed by atoms with E-state index in [1.54, 1.807) is 27.7 Å². The van der Waals surface area contributed by atoms with Crippen molar-refractivity contribution in [2.45, 2.75) is 90.3 Å². The molecule has 2 N–H and O–H groups in total. The van der Waals surface area contributed by atoms with Gasteiger partial charge in [-0.3, -0.25) is 19.2 Å². The van der Waals surface area contributed by atoms with Crippen molar-refractivity contribution < 1.29 is 48.3 Å². The highest BCUT2D eigenvalue weighted by Gasteiger charge is 2.27. The van der Waals surface area contributed by atoms with Gasteiger partial charge in [0.15, 0.2) is 11.6 Å². The van der Waals surface area contributed by atoms with Gasteiger partial charge >= 0.3 is 11.9 Å². The molecule has 0 saturated heterocycles. The van der Waals surface area contributed by atoms with Crippen molar-refractivity contribution in [2.75, 3.05) is 39.6 Å². The summed E-state index contributed by atoms with van der Waals surface area (Å²) in [6.07, 6.45) is 4.54. The minimum atomic E-state index is -1.01. The van der Waals surface area contributed by atoms with Gasteiger partial charge in [0.1, 0.15) is 37.6 Å². The van der Waals surface area contributed by atoms with Gasteiger partial charge in [-0.2, -0.15) is 0 Å². The molecule has 0 aromatic heterocycles. The second-order valence-corrected chi connectivity index (χ2v) is 8.94. The molecular formula is C24H42O10. The quantitative estimate of drug-likeness (QED) is 0.181. The van der Waals surface area contributed by atoms with Crippen LogP contribution in [0.2, 0.25) is 0 Å². The highest BCUT2D eigenvalue weighted by molar-refractivity contribution is 5.87. The highest BCUT2D eigenvalue weighted by atomic mass is 16.6. The molecule has 0 aliphatic heterocycles. The number of hydrogen-bond donors (Lipinski definition) is 2. The zero-order valence-corrected chi connectivity index (χ0v) is 21.1. The van der Waals surface area contributed by atoms with Gasteiger partial charge in [0.2, 0.25) is 0 Å². The Morgan fingerprint density at radius 3 is 1.24 bits per heavy atom. The fourth-order valence-corrected chi connectivity index (χ4v) is 2.75. The number of aliphatic hydroxyl groups excluding tert-OH is 2. The summed E-state index contributed by atoms with van der Waals surface area (Å²) in [5.41, 5.74) is -2.03. The standard InChI is InChI=1S/C24H42O10/c1-23(2,19(27)17-25)33-13-9-5-7-11-21(29)31-15-16-32-22(30)12-8-6-10-14-34-24(3,4)20(28)18-26/h25-26H,5-18H2,1-4H3. The number of rotatable bonds is 21. The van der Waals surface area contributed by atoms with E-state index in [-0.39, 0.29) is 49.6 Å². The largest absolute Gasteiger partial charge is 0.462 e. The number of ether oxygens (including phenoxy) is 4. The van der Waals surface area contributed by atoms with Crippen molar-refractivity contribution in [1.82, 2.24) is 0 Å². The lowest BCUT2D eigenvalue weighted by Gasteiger charge is -2.22. The van der Waals surface area contributed by atoms with Crippen LogP contribution in [0.1, 0.15) is 79.1 Å². The Labute approximate surface area is 202 Å². The predicted molar refractivity (Wildman–Crippen MR) is 123 cm³/mol. The smallest absolute Gasteiger partial charge is 0.305 e. The fourth-order valence-electron chi connectivity index (χ4n) is 2.75. The second-order valence-electron chi connectivity index (χ2n) is 8.94. The van der Waals surface area contributed by atoms with E-state index in [1.807, 2.05) is 0 Å². The number of unbranched alkanes of at least 4 members (excludes halogenated alkanes) is 4. The van der Waals surface area contributed by atoms with Crippen molar-refractivity contribution in [3.05, 3.63) is 0 Å². The molecule has 34 heavy (non-hydrogen) atoms. The molecule has 0 saturated carbocycles. The van der Waals surface area contributed by atoms with Gasteiger partial charge < -0.3 is 29.2 Å². The maximum Gasteiger partial charge on any atom is 0.305 e. The van der Waals surface area contributed by atoms with Crippen LogP contribution < -0.4 is 0 Å². The van der Waals surface area contributed by atoms with Gasteiger partial charge in [-0.05, 0) is 53.4 Å². The number of aliphatic hydroxyl groups is 2. The van der Waals surface area contributed by atoms with Crippen molar-refractivity contribution in [2.24, 2.45) is 0 Å². The first-order chi connectivity index (χ1) is 16.0. The summed E-state index contributed by atoms with van der Waals surface area (Å²) in [6.45, 7) is 6.06. The monoisotopic (exact) mass is 490 g/mol. The van der Waals surface area contributed by atoms with Crippen LogP contribution in [-0.4, -0.2) is 84.6 Å². The van der Waals surface area contributed by atoms with Crippen molar-refractivity contribution in [3.8, 4) is 0 Å². The van der Waals surface area contributed by atoms with E-state index in [1.165, 1.54) is 0 Å². The number of ketones is 2. The second kappa shape index (κ2) is 17.5. The molecule has 0 spiro atoms. The Balaban J connectivity index is 3.64.